The summed E-state index contributed by atoms with van der Waals surface area (Å²) in [4.78, 5) is 16.0. The Kier molecular flexibility index (Phi) is 6.40. The Morgan fingerprint density at radius 3 is 2.48 bits per heavy atom. The molecule has 2 rings (SSSR count). The first-order valence-corrected chi connectivity index (χ1v) is 12.0. The average Bonchev–Trinajstić information content (AvgIpc) is 2.49. The van der Waals surface area contributed by atoms with Gasteiger partial charge in [-0.25, -0.2) is 0 Å². The van der Waals surface area contributed by atoms with Gasteiger partial charge < -0.3 is 14.5 Å². The van der Waals surface area contributed by atoms with Gasteiger partial charge in [0.25, 0.3) is 0 Å². The van der Waals surface area contributed by atoms with Crippen LogP contribution in [0.15, 0.2) is 24.5 Å². The molecule has 1 amide bonds. The van der Waals surface area contributed by atoms with Crippen molar-refractivity contribution in [1.29, 1.82) is 0 Å². The normalized spacial score (nSPS) is 22.2. The number of nitrogens with zero attached hydrogens (tertiary/aromatic N) is 1. The molecule has 2 heterocycles. The SMILES string of the molecule is C[C@H](O[Si](C)(C)C(C)(C)C)[C@H]1C(=O)N[C@@H]1OCCCc1ccncc1. The molecule has 0 bridgehead atoms. The molecular weight excluding hydrogens is 332 g/mol. The van der Waals surface area contributed by atoms with Gasteiger partial charge in [0.05, 0.1) is 6.10 Å². The third kappa shape index (κ3) is 5.12. The summed E-state index contributed by atoms with van der Waals surface area (Å²) in [5, 5.41) is 2.99. The van der Waals surface area contributed by atoms with Crippen LogP contribution >= 0.6 is 0 Å². The van der Waals surface area contributed by atoms with Gasteiger partial charge in [0.15, 0.2) is 8.32 Å². The van der Waals surface area contributed by atoms with Gasteiger partial charge in [-0.2, -0.15) is 0 Å². The molecule has 1 saturated heterocycles. The van der Waals surface area contributed by atoms with Crippen molar-refractivity contribution in [3.63, 3.8) is 0 Å². The Morgan fingerprint density at radius 2 is 1.92 bits per heavy atom. The zero-order chi connectivity index (χ0) is 18.7. The minimum absolute atomic E-state index is 0.0327. The summed E-state index contributed by atoms with van der Waals surface area (Å²) in [7, 11) is -1.90. The minimum atomic E-state index is -1.90. The molecule has 0 radical (unpaired) electrons. The molecule has 25 heavy (non-hydrogen) atoms. The fraction of sp³-hybridized carbons (Fsp3) is 0.684. The minimum Gasteiger partial charge on any atom is -0.413 e. The van der Waals surface area contributed by atoms with E-state index in [1.54, 1.807) is 12.4 Å². The van der Waals surface area contributed by atoms with Crippen molar-refractivity contribution in [3.05, 3.63) is 30.1 Å². The van der Waals surface area contributed by atoms with E-state index in [1.807, 2.05) is 19.1 Å². The molecule has 0 saturated carbocycles. The van der Waals surface area contributed by atoms with Gasteiger partial charge >= 0.3 is 0 Å². The molecule has 6 heteroatoms. The maximum Gasteiger partial charge on any atom is 0.232 e. The average molecular weight is 365 g/mol. The Balaban J connectivity index is 1.79. The summed E-state index contributed by atoms with van der Waals surface area (Å²) < 4.78 is 12.3. The van der Waals surface area contributed by atoms with Crippen molar-refractivity contribution in [2.75, 3.05) is 6.61 Å². The van der Waals surface area contributed by atoms with E-state index >= 15 is 0 Å². The van der Waals surface area contributed by atoms with Crippen LogP contribution in [-0.4, -0.2) is 38.1 Å². The zero-order valence-corrected chi connectivity index (χ0v) is 17.3. The van der Waals surface area contributed by atoms with Crippen LogP contribution in [-0.2, 0) is 20.4 Å². The van der Waals surface area contributed by atoms with Crippen molar-refractivity contribution < 1.29 is 14.0 Å². The molecule has 0 spiro atoms. The number of aryl methyl sites for hydroxylation is 1. The molecule has 0 unspecified atom stereocenters. The molecule has 0 aromatic carbocycles. The fourth-order valence-corrected chi connectivity index (χ4v) is 4.15. The van der Waals surface area contributed by atoms with Crippen LogP contribution in [0.25, 0.3) is 0 Å². The predicted molar refractivity (Wildman–Crippen MR) is 102 cm³/mol. The van der Waals surface area contributed by atoms with Crippen molar-refractivity contribution >= 4 is 14.2 Å². The van der Waals surface area contributed by atoms with E-state index in [-0.39, 0.29) is 29.2 Å². The smallest absolute Gasteiger partial charge is 0.232 e. The number of pyridine rings is 1. The molecule has 1 aliphatic heterocycles. The van der Waals surface area contributed by atoms with Gasteiger partial charge in [0, 0.05) is 19.0 Å². The van der Waals surface area contributed by atoms with E-state index in [2.05, 4.69) is 44.2 Å². The molecule has 140 valence electrons. The van der Waals surface area contributed by atoms with Crippen LogP contribution in [0.4, 0.5) is 0 Å². The molecule has 1 N–H and O–H groups in total. The number of β-lactam (4-membered cyclic amide) rings is 1. The van der Waals surface area contributed by atoms with Crippen molar-refractivity contribution in [3.8, 4) is 0 Å². The van der Waals surface area contributed by atoms with Crippen LogP contribution in [0.5, 0.6) is 0 Å². The molecule has 1 aliphatic rings. The summed E-state index contributed by atoms with van der Waals surface area (Å²) >= 11 is 0. The van der Waals surface area contributed by atoms with Crippen LogP contribution in [0.3, 0.4) is 0 Å². The van der Waals surface area contributed by atoms with E-state index in [0.29, 0.717) is 6.61 Å². The van der Waals surface area contributed by atoms with Crippen molar-refractivity contribution in [1.82, 2.24) is 10.3 Å². The van der Waals surface area contributed by atoms with Gasteiger partial charge in [-0.05, 0) is 55.6 Å². The van der Waals surface area contributed by atoms with Crippen molar-refractivity contribution in [2.24, 2.45) is 5.92 Å². The summed E-state index contributed by atoms with van der Waals surface area (Å²) in [6.07, 6.45) is 5.12. The number of carbonyl (C=O) groups excluding carboxylic acids is 1. The van der Waals surface area contributed by atoms with Gasteiger partial charge in [-0.1, -0.05) is 20.8 Å². The number of carbonyl (C=O) groups is 1. The number of ether oxygens (including phenoxy) is 1. The molecule has 3 atom stereocenters. The van der Waals surface area contributed by atoms with Crippen LogP contribution in [0.1, 0.15) is 39.7 Å². The fourth-order valence-electron chi connectivity index (χ4n) is 2.72. The molecule has 0 aliphatic carbocycles. The number of aromatic nitrogens is 1. The monoisotopic (exact) mass is 364 g/mol. The second-order valence-corrected chi connectivity index (χ2v) is 13.1. The lowest BCUT2D eigenvalue weighted by atomic mass is 9.93. The Labute approximate surface area is 152 Å². The quantitative estimate of drug-likeness (QED) is 0.436. The molecule has 1 aromatic rings. The number of rotatable bonds is 8. The van der Waals surface area contributed by atoms with Gasteiger partial charge in [-0.15, -0.1) is 0 Å². The lowest BCUT2D eigenvalue weighted by Gasteiger charge is -2.45. The van der Waals surface area contributed by atoms with Gasteiger partial charge in [-0.3, -0.25) is 9.78 Å². The molecular formula is C19H32N2O3Si. The van der Waals surface area contributed by atoms with Gasteiger partial charge in [0.1, 0.15) is 12.1 Å². The van der Waals surface area contributed by atoms with E-state index in [0.717, 1.165) is 12.8 Å². The first kappa shape index (κ1) is 20.1. The standard InChI is InChI=1S/C19H32N2O3Si/c1-14(24-25(5,6)19(2,3)4)16-17(22)21-18(16)23-13-7-8-15-9-11-20-12-10-15/h9-12,14,16,18H,7-8,13H2,1-6H3,(H,21,22)/t14-,16-,18+/m0/s1. The Morgan fingerprint density at radius 1 is 1.28 bits per heavy atom. The van der Waals surface area contributed by atoms with Crippen molar-refractivity contribution in [2.45, 2.75) is 71.0 Å². The van der Waals surface area contributed by atoms with E-state index in [9.17, 15) is 4.79 Å². The third-order valence-corrected chi connectivity index (χ3v) is 9.94. The lowest BCUT2D eigenvalue weighted by Crippen LogP contribution is -2.64. The number of hydrogen-bond acceptors (Lipinski definition) is 4. The van der Waals surface area contributed by atoms with Crippen LogP contribution in [0, 0.1) is 5.92 Å². The maximum absolute atomic E-state index is 12.0. The number of amides is 1. The number of hydrogen-bond donors (Lipinski definition) is 1. The van der Waals surface area contributed by atoms with Gasteiger partial charge in [0.2, 0.25) is 5.91 Å². The van der Waals surface area contributed by atoms with Crippen LogP contribution in [0.2, 0.25) is 18.1 Å². The number of nitrogens with one attached hydrogen (secondary N) is 1. The Bertz CT molecular complexity index is 572. The highest BCUT2D eigenvalue weighted by Gasteiger charge is 2.48. The molecule has 5 nitrogen and oxygen atoms in total. The van der Waals surface area contributed by atoms with E-state index < -0.39 is 8.32 Å². The third-order valence-electron chi connectivity index (χ3n) is 5.36. The second-order valence-electron chi connectivity index (χ2n) is 8.37. The Hall–Kier alpha value is -1.24. The second kappa shape index (κ2) is 7.97. The topological polar surface area (TPSA) is 60.5 Å². The molecule has 1 fully saturated rings. The first-order valence-electron chi connectivity index (χ1n) is 9.10. The van der Waals surface area contributed by atoms with E-state index in [1.165, 1.54) is 5.56 Å². The molecule has 1 aromatic heterocycles. The highest BCUT2D eigenvalue weighted by atomic mass is 28.4. The zero-order valence-electron chi connectivity index (χ0n) is 16.3. The predicted octanol–water partition coefficient (Wildman–Crippen LogP) is 3.51. The summed E-state index contributed by atoms with van der Waals surface area (Å²) in [6.45, 7) is 13.7. The summed E-state index contributed by atoms with van der Waals surface area (Å²) in [6, 6.07) is 4.03. The first-order chi connectivity index (χ1) is 11.6. The largest absolute Gasteiger partial charge is 0.413 e. The maximum atomic E-state index is 12.0. The highest BCUT2D eigenvalue weighted by Crippen LogP contribution is 2.39. The summed E-state index contributed by atoms with van der Waals surface area (Å²) in [5.74, 6) is -0.180. The summed E-state index contributed by atoms with van der Waals surface area (Å²) in [5.41, 5.74) is 1.25. The highest BCUT2D eigenvalue weighted by molar-refractivity contribution is 6.74. The lowest BCUT2D eigenvalue weighted by molar-refractivity contribution is -0.162. The van der Waals surface area contributed by atoms with E-state index in [4.69, 9.17) is 9.16 Å². The van der Waals surface area contributed by atoms with Crippen LogP contribution < -0.4 is 5.32 Å².